The van der Waals surface area contributed by atoms with Gasteiger partial charge in [0.05, 0.1) is 12.2 Å². The van der Waals surface area contributed by atoms with Gasteiger partial charge in [0.2, 0.25) is 0 Å². The third kappa shape index (κ3) is 34.2. The van der Waals surface area contributed by atoms with Crippen molar-refractivity contribution < 1.29 is 4.74 Å². The van der Waals surface area contributed by atoms with Gasteiger partial charge in [-0.3, -0.25) is 0 Å². The van der Waals surface area contributed by atoms with E-state index in [1.807, 2.05) is 0 Å². The highest BCUT2D eigenvalue weighted by atomic mass is 16.5. The first-order valence-corrected chi connectivity index (χ1v) is 20.2. The zero-order chi connectivity index (χ0) is 31.3. The van der Waals surface area contributed by atoms with Crippen molar-refractivity contribution in [3.05, 3.63) is 24.3 Å². The number of hydrogen-bond acceptors (Lipinski definition) is 1. The molecule has 0 aromatic carbocycles. The van der Waals surface area contributed by atoms with Gasteiger partial charge in [-0.25, -0.2) is 0 Å². The molecule has 0 saturated carbocycles. The Labute approximate surface area is 273 Å². The number of unbranched alkanes of at least 4 members (excludes halogenated alkanes) is 22. The van der Waals surface area contributed by atoms with Crippen molar-refractivity contribution in [2.45, 2.75) is 245 Å². The smallest absolute Gasteiger partial charge is 0.0578 e. The first-order chi connectivity index (χ1) is 21.3. The summed E-state index contributed by atoms with van der Waals surface area (Å²) in [4.78, 5) is 0. The lowest BCUT2D eigenvalue weighted by Gasteiger charge is -2.26. The van der Waals surface area contributed by atoms with Crippen LogP contribution in [0.3, 0.4) is 0 Å². The molecule has 0 aromatic heterocycles. The molecule has 2 atom stereocenters. The maximum absolute atomic E-state index is 7.03. The van der Waals surface area contributed by atoms with Crippen LogP contribution in [-0.4, -0.2) is 12.2 Å². The molecule has 43 heavy (non-hydrogen) atoms. The molecule has 0 N–H and O–H groups in total. The summed E-state index contributed by atoms with van der Waals surface area (Å²) < 4.78 is 7.03. The maximum atomic E-state index is 7.03. The zero-order valence-corrected chi connectivity index (χ0v) is 30.5. The van der Waals surface area contributed by atoms with Crippen LogP contribution in [0.2, 0.25) is 0 Å². The van der Waals surface area contributed by atoms with Gasteiger partial charge in [0.25, 0.3) is 0 Å². The predicted molar refractivity (Wildman–Crippen MR) is 197 cm³/mol. The van der Waals surface area contributed by atoms with E-state index in [9.17, 15) is 0 Å². The molecule has 0 heterocycles. The Morgan fingerprint density at radius 3 is 0.907 bits per heavy atom. The molecule has 0 spiro atoms. The summed E-state index contributed by atoms with van der Waals surface area (Å²) in [7, 11) is 0. The fourth-order valence-corrected chi connectivity index (χ4v) is 6.39. The Bertz CT molecular complexity index is 501. The first kappa shape index (κ1) is 42.4. The molecular weight excluding hydrogens is 520 g/mol. The van der Waals surface area contributed by atoms with E-state index < -0.39 is 0 Å². The maximum Gasteiger partial charge on any atom is 0.0578 e. The molecule has 256 valence electrons. The average Bonchev–Trinajstić information content (AvgIpc) is 3.01. The topological polar surface area (TPSA) is 9.23 Å². The lowest BCUT2D eigenvalue weighted by Crippen LogP contribution is -2.23. The largest absolute Gasteiger partial charge is 0.375 e. The summed E-state index contributed by atoms with van der Waals surface area (Å²) in [5.41, 5.74) is 0. The number of hydrogen-bond donors (Lipinski definition) is 0. The van der Waals surface area contributed by atoms with Gasteiger partial charge in [-0.05, 0) is 64.2 Å². The minimum atomic E-state index is 0.509. The molecule has 0 fully saturated rings. The van der Waals surface area contributed by atoms with Crippen LogP contribution in [0, 0.1) is 0 Å². The van der Waals surface area contributed by atoms with E-state index in [0.717, 1.165) is 0 Å². The van der Waals surface area contributed by atoms with Gasteiger partial charge in [-0.2, -0.15) is 0 Å². The minimum Gasteiger partial charge on any atom is -0.375 e. The van der Waals surface area contributed by atoms with Gasteiger partial charge in [0, 0.05) is 0 Å². The van der Waals surface area contributed by atoms with Crippen LogP contribution >= 0.6 is 0 Å². The molecule has 2 unspecified atom stereocenters. The molecule has 0 bridgehead atoms. The van der Waals surface area contributed by atoms with Crippen LogP contribution in [0.4, 0.5) is 0 Å². The fraction of sp³-hybridized carbons (Fsp3) is 0.905. The highest BCUT2D eigenvalue weighted by molar-refractivity contribution is 4.80. The predicted octanol–water partition coefficient (Wildman–Crippen LogP) is 15.4. The van der Waals surface area contributed by atoms with E-state index in [-0.39, 0.29) is 0 Å². The van der Waals surface area contributed by atoms with Crippen LogP contribution in [-0.2, 0) is 4.74 Å². The van der Waals surface area contributed by atoms with Crippen molar-refractivity contribution >= 4 is 0 Å². The van der Waals surface area contributed by atoms with E-state index in [0.29, 0.717) is 12.2 Å². The third-order valence-electron chi connectivity index (χ3n) is 9.24. The van der Waals surface area contributed by atoms with Crippen LogP contribution in [0.25, 0.3) is 0 Å². The molecule has 1 nitrogen and oxygen atoms in total. The van der Waals surface area contributed by atoms with Gasteiger partial charge in [0.15, 0.2) is 0 Å². The van der Waals surface area contributed by atoms with Gasteiger partial charge in [-0.15, -0.1) is 0 Å². The molecule has 0 aliphatic heterocycles. The zero-order valence-electron chi connectivity index (χ0n) is 30.5. The van der Waals surface area contributed by atoms with Crippen molar-refractivity contribution in [2.24, 2.45) is 0 Å². The fourth-order valence-electron chi connectivity index (χ4n) is 6.39. The molecule has 0 amide bonds. The Kier molecular flexibility index (Phi) is 37.1. The lowest BCUT2D eigenvalue weighted by atomic mass is 9.99. The van der Waals surface area contributed by atoms with E-state index in [2.05, 4.69) is 52.0 Å². The summed E-state index contributed by atoms with van der Waals surface area (Å²) in [6.45, 7) is 9.11. The van der Waals surface area contributed by atoms with Crippen LogP contribution in [0.1, 0.15) is 233 Å². The van der Waals surface area contributed by atoms with Crippen molar-refractivity contribution in [1.82, 2.24) is 0 Å². The van der Waals surface area contributed by atoms with E-state index in [1.165, 1.54) is 205 Å². The summed E-state index contributed by atoms with van der Waals surface area (Å²) >= 11 is 0. The number of allylic oxidation sites excluding steroid dienone is 4. The van der Waals surface area contributed by atoms with Crippen molar-refractivity contribution in [1.29, 1.82) is 0 Å². The molecule has 1 heteroatoms. The van der Waals surface area contributed by atoms with Gasteiger partial charge in [-0.1, -0.05) is 193 Å². The summed E-state index contributed by atoms with van der Waals surface area (Å²) in [6, 6.07) is 0. The molecule has 0 aromatic rings. The monoisotopic (exact) mass is 603 g/mol. The molecule has 0 rings (SSSR count). The number of rotatable bonds is 36. The molecular formula is C42H82O. The summed E-state index contributed by atoms with van der Waals surface area (Å²) in [5.74, 6) is 0. The second kappa shape index (κ2) is 37.6. The van der Waals surface area contributed by atoms with E-state index in [4.69, 9.17) is 4.74 Å². The lowest BCUT2D eigenvalue weighted by molar-refractivity contribution is -0.0324. The van der Waals surface area contributed by atoms with Crippen molar-refractivity contribution in [2.75, 3.05) is 0 Å². The highest BCUT2D eigenvalue weighted by Gasteiger charge is 2.17. The molecule has 0 aliphatic rings. The summed E-state index contributed by atoms with van der Waals surface area (Å²) in [5, 5.41) is 0. The van der Waals surface area contributed by atoms with Crippen LogP contribution in [0.5, 0.6) is 0 Å². The molecule has 0 saturated heterocycles. The second-order valence-electron chi connectivity index (χ2n) is 13.6. The van der Waals surface area contributed by atoms with Crippen molar-refractivity contribution in [3.8, 4) is 0 Å². The SMILES string of the molecule is CCC=CCCCCCCCCCC(CCCCCCC)OC(CCCCCCC)CCCCCCCCCC=CCC. The van der Waals surface area contributed by atoms with Gasteiger partial charge < -0.3 is 4.74 Å². The van der Waals surface area contributed by atoms with E-state index >= 15 is 0 Å². The Hall–Kier alpha value is -0.560. The minimum absolute atomic E-state index is 0.509. The molecule has 0 radical (unpaired) electrons. The van der Waals surface area contributed by atoms with Gasteiger partial charge >= 0.3 is 0 Å². The number of ether oxygens (including phenoxy) is 1. The highest BCUT2D eigenvalue weighted by Crippen LogP contribution is 2.23. The first-order valence-electron chi connectivity index (χ1n) is 20.2. The Morgan fingerprint density at radius 2 is 0.605 bits per heavy atom. The summed E-state index contributed by atoms with van der Waals surface area (Å²) in [6.07, 6.45) is 54.0. The van der Waals surface area contributed by atoms with Crippen LogP contribution in [0.15, 0.2) is 24.3 Å². The standard InChI is InChI=1S/C42H82O/c1-5-9-13-17-19-21-23-25-27-31-35-39-41(37-33-29-15-11-7-3)43-42(38-34-30-16-12-8-4)40-36-32-28-26-24-22-20-18-14-10-6-2/h9-10,13-14,41-42H,5-8,11-12,15-40H2,1-4H3. The Morgan fingerprint density at radius 1 is 0.326 bits per heavy atom. The second-order valence-corrected chi connectivity index (χ2v) is 13.6. The average molecular weight is 603 g/mol. The quantitative estimate of drug-likeness (QED) is 0.0512. The van der Waals surface area contributed by atoms with Crippen molar-refractivity contribution in [3.63, 3.8) is 0 Å². The normalized spacial score (nSPS) is 13.5. The van der Waals surface area contributed by atoms with Crippen LogP contribution < -0.4 is 0 Å². The third-order valence-corrected chi connectivity index (χ3v) is 9.24. The molecule has 0 aliphatic carbocycles. The van der Waals surface area contributed by atoms with E-state index in [1.54, 1.807) is 0 Å². The Balaban J connectivity index is 4.51. The van der Waals surface area contributed by atoms with Gasteiger partial charge in [0.1, 0.15) is 0 Å².